The van der Waals surface area contributed by atoms with E-state index < -0.39 is 33.9 Å². The number of hydrogen-bond donors (Lipinski definition) is 2. The van der Waals surface area contributed by atoms with Crippen molar-refractivity contribution >= 4 is 28.5 Å². The molecule has 1 aliphatic rings. The Kier molecular flexibility index (Phi) is 7.72. The number of nitrogens with one attached hydrogen (secondary N) is 1. The number of methoxy groups -OCH3 is 1. The Morgan fingerprint density at radius 2 is 2.09 bits per heavy atom. The number of anilines is 1. The molecule has 1 aromatic heterocycles. The second kappa shape index (κ2) is 10.2. The summed E-state index contributed by atoms with van der Waals surface area (Å²) in [6.07, 6.45) is 6.57. The Bertz CT molecular complexity index is 1220. The minimum absolute atomic E-state index is 0.0184. The number of ether oxygens (including phenoxy) is 2. The maximum absolute atomic E-state index is 15.0. The van der Waals surface area contributed by atoms with Gasteiger partial charge in [-0.1, -0.05) is 17.7 Å². The standard InChI is InChI=1S/C25H28F2N4O3S/c1-7-15(3)34-17-8-14(2)21(29-11-17)22(32)30-16-9-18(20(27)19(26)10-16)25(5)12-24(4,13-33-6)35-23(28)31-25/h1,8-11,15H,12-13H2,2-6H3,(H2,28,31)(H,30,32)/t15-,24+,25-/m0/s1. The van der Waals surface area contributed by atoms with Crippen LogP contribution in [0.1, 0.15) is 48.8 Å². The summed E-state index contributed by atoms with van der Waals surface area (Å²) >= 11 is 1.33. The summed E-state index contributed by atoms with van der Waals surface area (Å²) < 4.78 is 40.0. The fourth-order valence-electron chi connectivity index (χ4n) is 4.20. The summed E-state index contributed by atoms with van der Waals surface area (Å²) in [5, 5.41) is 2.85. The predicted octanol–water partition coefficient (Wildman–Crippen LogP) is 4.39. The summed E-state index contributed by atoms with van der Waals surface area (Å²) in [4.78, 5) is 21.5. The number of terminal acetylenes is 1. The molecule has 0 bridgehead atoms. The predicted molar refractivity (Wildman–Crippen MR) is 134 cm³/mol. The smallest absolute Gasteiger partial charge is 0.274 e. The van der Waals surface area contributed by atoms with E-state index in [1.54, 1.807) is 33.9 Å². The lowest BCUT2D eigenvalue weighted by Gasteiger charge is -2.41. The molecule has 0 radical (unpaired) electrons. The first kappa shape index (κ1) is 26.4. The highest BCUT2D eigenvalue weighted by Gasteiger charge is 2.44. The first-order valence-electron chi connectivity index (χ1n) is 10.8. The van der Waals surface area contributed by atoms with Crippen molar-refractivity contribution in [2.24, 2.45) is 10.7 Å². The number of nitrogens with two attached hydrogens (primary N) is 1. The molecule has 10 heteroatoms. The molecule has 3 N–H and O–H groups in total. The zero-order chi connectivity index (χ0) is 26.0. The van der Waals surface area contributed by atoms with Crippen LogP contribution in [0.15, 0.2) is 29.4 Å². The van der Waals surface area contributed by atoms with Gasteiger partial charge >= 0.3 is 0 Å². The molecular formula is C25H28F2N4O3S. The summed E-state index contributed by atoms with van der Waals surface area (Å²) in [6, 6.07) is 3.92. The SMILES string of the molecule is C#C[C@H](C)Oc1cnc(C(=O)Nc2cc(F)c(F)c([C@]3(C)C[C@](C)(COC)SC(N)=N3)c2)c(C)c1. The number of rotatable bonds is 7. The number of hydrogen-bond acceptors (Lipinski definition) is 7. The lowest BCUT2D eigenvalue weighted by molar-refractivity contribution is 0.102. The molecule has 3 atom stereocenters. The Labute approximate surface area is 207 Å². The summed E-state index contributed by atoms with van der Waals surface area (Å²) in [7, 11) is 1.56. The molecule has 35 heavy (non-hydrogen) atoms. The van der Waals surface area contributed by atoms with Gasteiger partial charge in [0, 0.05) is 29.2 Å². The third kappa shape index (κ3) is 5.92. The molecule has 1 aromatic carbocycles. The van der Waals surface area contributed by atoms with Gasteiger partial charge in [-0.2, -0.15) is 0 Å². The number of carbonyl (C=O) groups excluding carboxylic acids is 1. The normalized spacial score (nSPS) is 22.6. The number of carbonyl (C=O) groups is 1. The van der Waals surface area contributed by atoms with Crippen LogP contribution in [0.4, 0.5) is 14.5 Å². The van der Waals surface area contributed by atoms with Gasteiger partial charge in [0.25, 0.3) is 5.91 Å². The Morgan fingerprint density at radius 1 is 1.37 bits per heavy atom. The zero-order valence-corrected chi connectivity index (χ0v) is 21.1. The molecule has 0 spiro atoms. The van der Waals surface area contributed by atoms with Gasteiger partial charge in [-0.25, -0.2) is 13.8 Å². The van der Waals surface area contributed by atoms with Gasteiger partial charge in [-0.3, -0.25) is 9.79 Å². The number of pyridine rings is 1. The van der Waals surface area contributed by atoms with E-state index >= 15 is 4.39 Å². The molecule has 2 aromatic rings. The van der Waals surface area contributed by atoms with Crippen molar-refractivity contribution in [2.45, 2.75) is 50.5 Å². The molecule has 0 fully saturated rings. The van der Waals surface area contributed by atoms with E-state index in [4.69, 9.17) is 21.6 Å². The lowest BCUT2D eigenvalue weighted by Crippen LogP contribution is -2.43. The topological polar surface area (TPSA) is 98.8 Å². The van der Waals surface area contributed by atoms with Crippen LogP contribution in [-0.4, -0.2) is 40.6 Å². The van der Waals surface area contributed by atoms with Crippen LogP contribution >= 0.6 is 11.8 Å². The highest BCUT2D eigenvalue weighted by molar-refractivity contribution is 8.15. The van der Waals surface area contributed by atoms with Gasteiger partial charge in [0.05, 0.1) is 18.3 Å². The summed E-state index contributed by atoms with van der Waals surface area (Å²) in [6.45, 7) is 7.33. The minimum Gasteiger partial charge on any atom is -0.476 e. The number of thioether (sulfide) groups is 1. The van der Waals surface area contributed by atoms with Crippen LogP contribution < -0.4 is 15.8 Å². The molecule has 2 heterocycles. The highest BCUT2D eigenvalue weighted by Crippen LogP contribution is 2.46. The Balaban J connectivity index is 1.92. The van der Waals surface area contributed by atoms with Gasteiger partial charge in [0.2, 0.25) is 0 Å². The molecular weight excluding hydrogens is 474 g/mol. The molecule has 1 amide bonds. The van der Waals surface area contributed by atoms with Crippen LogP contribution in [0.3, 0.4) is 0 Å². The lowest BCUT2D eigenvalue weighted by atomic mass is 9.83. The molecule has 0 saturated carbocycles. The Morgan fingerprint density at radius 3 is 2.71 bits per heavy atom. The molecule has 3 rings (SSSR count). The average molecular weight is 503 g/mol. The quantitative estimate of drug-likeness (QED) is 0.545. The molecule has 0 saturated heterocycles. The number of aryl methyl sites for hydroxylation is 1. The van der Waals surface area contributed by atoms with Crippen LogP contribution in [0.2, 0.25) is 0 Å². The van der Waals surface area contributed by atoms with Crippen molar-refractivity contribution < 1.29 is 23.0 Å². The summed E-state index contributed by atoms with van der Waals surface area (Å²) in [5.41, 5.74) is 5.55. The zero-order valence-electron chi connectivity index (χ0n) is 20.2. The molecule has 7 nitrogen and oxygen atoms in total. The Hall–Kier alpha value is -3.16. The van der Waals surface area contributed by atoms with Crippen molar-refractivity contribution in [2.75, 3.05) is 19.0 Å². The monoisotopic (exact) mass is 502 g/mol. The van der Waals surface area contributed by atoms with E-state index in [0.29, 0.717) is 24.3 Å². The molecule has 186 valence electrons. The number of nitrogens with zero attached hydrogens (tertiary/aromatic N) is 2. The number of aliphatic imine (C=N–C) groups is 1. The van der Waals surface area contributed by atoms with Crippen LogP contribution in [0, 0.1) is 30.9 Å². The number of halogens is 2. The largest absolute Gasteiger partial charge is 0.476 e. The van der Waals surface area contributed by atoms with E-state index in [1.165, 1.54) is 24.0 Å². The van der Waals surface area contributed by atoms with Gasteiger partial charge in [-0.05, 0) is 51.8 Å². The fraction of sp³-hybridized carbons (Fsp3) is 0.400. The number of amidine groups is 1. The molecule has 1 aliphatic heterocycles. The van der Waals surface area contributed by atoms with Crippen molar-refractivity contribution in [1.82, 2.24) is 4.98 Å². The van der Waals surface area contributed by atoms with Crippen molar-refractivity contribution in [3.05, 3.63) is 52.9 Å². The summed E-state index contributed by atoms with van der Waals surface area (Å²) in [5.74, 6) is 0.102. The van der Waals surface area contributed by atoms with Crippen LogP contribution in [0.5, 0.6) is 5.75 Å². The maximum Gasteiger partial charge on any atom is 0.274 e. The van der Waals surface area contributed by atoms with E-state index in [-0.39, 0.29) is 22.1 Å². The van der Waals surface area contributed by atoms with E-state index in [1.807, 2.05) is 6.92 Å². The highest BCUT2D eigenvalue weighted by atomic mass is 32.2. The number of benzene rings is 1. The van der Waals surface area contributed by atoms with E-state index in [9.17, 15) is 9.18 Å². The van der Waals surface area contributed by atoms with E-state index in [0.717, 1.165) is 6.07 Å². The minimum atomic E-state index is -1.17. The fourth-order valence-corrected chi connectivity index (χ4v) is 5.48. The first-order valence-corrected chi connectivity index (χ1v) is 11.6. The van der Waals surface area contributed by atoms with Gasteiger partial charge < -0.3 is 20.5 Å². The van der Waals surface area contributed by atoms with Crippen molar-refractivity contribution in [1.29, 1.82) is 0 Å². The van der Waals surface area contributed by atoms with Gasteiger partial charge in [0.15, 0.2) is 22.9 Å². The maximum atomic E-state index is 15.0. The number of aromatic nitrogens is 1. The van der Waals surface area contributed by atoms with Crippen LogP contribution in [0.25, 0.3) is 0 Å². The second-order valence-electron chi connectivity index (χ2n) is 8.92. The van der Waals surface area contributed by atoms with Crippen molar-refractivity contribution in [3.63, 3.8) is 0 Å². The first-order chi connectivity index (χ1) is 16.4. The molecule has 0 aliphatic carbocycles. The number of amides is 1. The average Bonchev–Trinajstić information content (AvgIpc) is 2.74. The van der Waals surface area contributed by atoms with Crippen molar-refractivity contribution in [3.8, 4) is 18.1 Å². The van der Waals surface area contributed by atoms with Gasteiger partial charge in [-0.15, -0.1) is 6.42 Å². The second-order valence-corrected chi connectivity index (χ2v) is 10.5. The molecule has 0 unspecified atom stereocenters. The third-order valence-corrected chi connectivity index (χ3v) is 6.61. The van der Waals surface area contributed by atoms with Gasteiger partial charge in [0.1, 0.15) is 11.4 Å². The van der Waals surface area contributed by atoms with E-state index in [2.05, 4.69) is 21.2 Å². The van der Waals surface area contributed by atoms with Crippen LogP contribution in [-0.2, 0) is 10.3 Å². The third-order valence-electron chi connectivity index (χ3n) is 5.56.